The van der Waals surface area contributed by atoms with E-state index in [0.717, 1.165) is 11.8 Å². The predicted molar refractivity (Wildman–Crippen MR) is 44.5 cm³/mol. The van der Waals surface area contributed by atoms with Gasteiger partial charge in [0.05, 0.1) is 11.7 Å². The number of nitrogens with two attached hydrogens (primary N) is 1. The van der Waals surface area contributed by atoms with Crippen molar-refractivity contribution in [3.63, 3.8) is 0 Å². The van der Waals surface area contributed by atoms with Gasteiger partial charge in [-0.2, -0.15) is 24.9 Å². The van der Waals surface area contributed by atoms with Gasteiger partial charge in [0.25, 0.3) is 0 Å². The number of rotatable bonds is 4. The second-order valence-corrected chi connectivity index (χ2v) is 3.78. The molecule has 0 amide bonds. The Kier molecular flexibility index (Phi) is 4.44. The minimum Gasteiger partial charge on any atom is -0.387 e. The summed E-state index contributed by atoms with van der Waals surface area (Å²) in [5, 5.41) is 6.58. The van der Waals surface area contributed by atoms with E-state index < -0.39 is 12.6 Å². The molecule has 12 heavy (non-hydrogen) atoms. The van der Waals surface area contributed by atoms with Crippen LogP contribution in [0.2, 0.25) is 0 Å². The number of hydrogen-bond donors (Lipinski definition) is 2. The van der Waals surface area contributed by atoms with Crippen molar-refractivity contribution in [1.29, 1.82) is 5.41 Å². The summed E-state index contributed by atoms with van der Waals surface area (Å²) >= 11 is 1.04. The van der Waals surface area contributed by atoms with Crippen molar-refractivity contribution in [1.82, 2.24) is 0 Å². The van der Waals surface area contributed by atoms with E-state index in [1.807, 2.05) is 0 Å². The minimum atomic E-state index is -4.11. The average molecular weight is 200 g/mol. The standard InChI is InChI=1S/C6H11F3N2S/c1-4(5(10)11)12-3-2-6(7,8)9/h4H,2-3H2,1H3,(H3,10,11). The molecule has 0 saturated carbocycles. The molecule has 0 heterocycles. The van der Waals surface area contributed by atoms with Gasteiger partial charge < -0.3 is 5.73 Å². The van der Waals surface area contributed by atoms with Crippen LogP contribution >= 0.6 is 11.8 Å². The summed E-state index contributed by atoms with van der Waals surface area (Å²) in [6.07, 6.45) is -4.93. The normalized spacial score (nSPS) is 14.3. The number of alkyl halides is 3. The van der Waals surface area contributed by atoms with E-state index in [-0.39, 0.29) is 16.8 Å². The zero-order valence-corrected chi connectivity index (χ0v) is 7.43. The van der Waals surface area contributed by atoms with E-state index in [4.69, 9.17) is 11.1 Å². The van der Waals surface area contributed by atoms with Crippen LogP contribution in [0.3, 0.4) is 0 Å². The van der Waals surface area contributed by atoms with E-state index in [1.54, 1.807) is 6.92 Å². The van der Waals surface area contributed by atoms with Gasteiger partial charge in [0.2, 0.25) is 0 Å². The molecule has 0 aromatic heterocycles. The molecule has 0 saturated heterocycles. The number of halogens is 3. The highest BCUT2D eigenvalue weighted by Gasteiger charge is 2.26. The molecule has 0 rings (SSSR count). The third-order valence-electron chi connectivity index (χ3n) is 1.19. The Hall–Kier alpha value is -0.390. The molecule has 0 aromatic rings. The Morgan fingerprint density at radius 2 is 2.08 bits per heavy atom. The molecule has 1 atom stereocenters. The quantitative estimate of drug-likeness (QED) is 0.538. The summed E-state index contributed by atoms with van der Waals surface area (Å²) in [6.45, 7) is 1.61. The van der Waals surface area contributed by atoms with E-state index >= 15 is 0 Å². The van der Waals surface area contributed by atoms with Crippen molar-refractivity contribution in [2.45, 2.75) is 24.8 Å². The fourth-order valence-corrected chi connectivity index (χ4v) is 1.32. The van der Waals surface area contributed by atoms with Gasteiger partial charge in [-0.25, -0.2) is 0 Å². The number of thioether (sulfide) groups is 1. The van der Waals surface area contributed by atoms with Crippen molar-refractivity contribution in [3.8, 4) is 0 Å². The predicted octanol–water partition coefficient (Wildman–Crippen LogP) is 2.00. The Bertz CT molecular complexity index is 157. The Labute approximate surface area is 73.2 Å². The van der Waals surface area contributed by atoms with Gasteiger partial charge in [-0.15, -0.1) is 0 Å². The van der Waals surface area contributed by atoms with Gasteiger partial charge in [0, 0.05) is 5.75 Å². The van der Waals surface area contributed by atoms with Crippen LogP contribution in [0.15, 0.2) is 0 Å². The summed E-state index contributed by atoms with van der Waals surface area (Å²) < 4.78 is 34.8. The van der Waals surface area contributed by atoms with Crippen LogP contribution in [0, 0.1) is 5.41 Å². The first-order valence-electron chi connectivity index (χ1n) is 3.35. The van der Waals surface area contributed by atoms with Crippen LogP contribution < -0.4 is 5.73 Å². The lowest BCUT2D eigenvalue weighted by atomic mass is 10.4. The maximum absolute atomic E-state index is 11.6. The molecular weight excluding hydrogens is 189 g/mol. The van der Waals surface area contributed by atoms with Gasteiger partial charge in [0.15, 0.2) is 0 Å². The molecule has 72 valence electrons. The van der Waals surface area contributed by atoms with E-state index in [2.05, 4.69) is 0 Å². The van der Waals surface area contributed by atoms with Gasteiger partial charge in [-0.1, -0.05) is 0 Å². The monoisotopic (exact) mass is 200 g/mol. The first kappa shape index (κ1) is 11.6. The van der Waals surface area contributed by atoms with Crippen LogP contribution in [-0.2, 0) is 0 Å². The second-order valence-electron chi connectivity index (χ2n) is 2.33. The first-order valence-corrected chi connectivity index (χ1v) is 4.40. The van der Waals surface area contributed by atoms with Gasteiger partial charge in [-0.05, 0) is 6.92 Å². The number of amidine groups is 1. The second kappa shape index (κ2) is 4.59. The van der Waals surface area contributed by atoms with E-state index in [0.29, 0.717) is 0 Å². The summed E-state index contributed by atoms with van der Waals surface area (Å²) in [7, 11) is 0. The molecule has 6 heteroatoms. The smallest absolute Gasteiger partial charge is 0.387 e. The van der Waals surface area contributed by atoms with Crippen LogP contribution in [0.1, 0.15) is 13.3 Å². The first-order chi connectivity index (χ1) is 5.33. The highest BCUT2D eigenvalue weighted by molar-refractivity contribution is 8.00. The van der Waals surface area contributed by atoms with Crippen molar-refractivity contribution < 1.29 is 13.2 Å². The van der Waals surface area contributed by atoms with Crippen LogP contribution in [0.25, 0.3) is 0 Å². The largest absolute Gasteiger partial charge is 0.389 e. The summed E-state index contributed by atoms with van der Waals surface area (Å²) in [6, 6.07) is 0. The summed E-state index contributed by atoms with van der Waals surface area (Å²) in [5.74, 6) is -0.119. The Balaban J connectivity index is 3.51. The topological polar surface area (TPSA) is 49.9 Å². The van der Waals surface area contributed by atoms with E-state index in [9.17, 15) is 13.2 Å². The molecule has 0 aliphatic rings. The highest BCUT2D eigenvalue weighted by Crippen LogP contribution is 2.23. The Morgan fingerprint density at radius 1 is 1.58 bits per heavy atom. The van der Waals surface area contributed by atoms with Crippen LogP contribution in [0.5, 0.6) is 0 Å². The fraction of sp³-hybridized carbons (Fsp3) is 0.833. The highest BCUT2D eigenvalue weighted by atomic mass is 32.2. The van der Waals surface area contributed by atoms with Crippen molar-refractivity contribution >= 4 is 17.6 Å². The molecule has 0 bridgehead atoms. The van der Waals surface area contributed by atoms with Crippen LogP contribution in [-0.4, -0.2) is 23.0 Å². The molecule has 0 aromatic carbocycles. The van der Waals surface area contributed by atoms with Gasteiger partial charge >= 0.3 is 6.18 Å². The molecule has 1 unspecified atom stereocenters. The summed E-state index contributed by atoms with van der Waals surface area (Å²) in [4.78, 5) is 0. The molecule has 0 fully saturated rings. The number of nitrogens with one attached hydrogen (secondary N) is 1. The molecule has 0 spiro atoms. The molecule has 2 nitrogen and oxygen atoms in total. The molecule has 0 radical (unpaired) electrons. The van der Waals surface area contributed by atoms with Gasteiger partial charge in [-0.3, -0.25) is 5.41 Å². The minimum absolute atomic E-state index is 0.0375. The number of hydrogen-bond acceptors (Lipinski definition) is 2. The molecular formula is C6H11F3N2S. The molecule has 0 aliphatic heterocycles. The van der Waals surface area contributed by atoms with Crippen molar-refractivity contribution in [2.24, 2.45) is 5.73 Å². The van der Waals surface area contributed by atoms with Crippen LogP contribution in [0.4, 0.5) is 13.2 Å². The van der Waals surface area contributed by atoms with Crippen molar-refractivity contribution in [2.75, 3.05) is 5.75 Å². The third kappa shape index (κ3) is 6.33. The SMILES string of the molecule is CC(SCCC(F)(F)F)C(=N)N. The zero-order chi connectivity index (χ0) is 9.78. The molecule has 3 N–H and O–H groups in total. The average Bonchev–Trinajstić information content (AvgIpc) is 1.84. The van der Waals surface area contributed by atoms with E-state index in [1.165, 1.54) is 0 Å². The maximum atomic E-state index is 11.6. The molecule has 0 aliphatic carbocycles. The lowest BCUT2D eigenvalue weighted by Gasteiger charge is -2.09. The lowest BCUT2D eigenvalue weighted by Crippen LogP contribution is -2.22. The Morgan fingerprint density at radius 3 is 2.42 bits per heavy atom. The maximum Gasteiger partial charge on any atom is 0.389 e. The third-order valence-corrected chi connectivity index (χ3v) is 2.39. The van der Waals surface area contributed by atoms with Crippen molar-refractivity contribution in [3.05, 3.63) is 0 Å². The lowest BCUT2D eigenvalue weighted by molar-refractivity contribution is -0.129. The fourth-order valence-electron chi connectivity index (χ4n) is 0.441. The van der Waals surface area contributed by atoms with Gasteiger partial charge in [0.1, 0.15) is 5.84 Å². The summed E-state index contributed by atoms with van der Waals surface area (Å²) in [5.41, 5.74) is 5.07. The zero-order valence-electron chi connectivity index (χ0n) is 6.61.